The van der Waals surface area contributed by atoms with Crippen molar-refractivity contribution in [1.82, 2.24) is 0 Å². The molecule has 0 aromatic heterocycles. The number of thioether (sulfide) groups is 1. The first kappa shape index (κ1) is 11.2. The van der Waals surface area contributed by atoms with Crippen molar-refractivity contribution in [2.24, 2.45) is 0 Å². The van der Waals surface area contributed by atoms with Crippen LogP contribution in [0.2, 0.25) is 0 Å². The van der Waals surface area contributed by atoms with Gasteiger partial charge in [-0.15, -0.1) is 0 Å². The number of carbonyl (C=O) groups is 2. The normalized spacial score (nSPS) is 14.1. The van der Waals surface area contributed by atoms with E-state index < -0.39 is 0 Å². The monoisotopic (exact) mass is 235 g/mol. The predicted octanol–water partition coefficient (Wildman–Crippen LogP) is 2.35. The molecule has 0 atom stereocenters. The van der Waals surface area contributed by atoms with Crippen molar-refractivity contribution in [2.45, 2.75) is 18.7 Å². The molecule has 4 heteroatoms. The fourth-order valence-corrected chi connectivity index (χ4v) is 2.83. The first-order valence-corrected chi connectivity index (χ1v) is 6.15. The van der Waals surface area contributed by atoms with Crippen molar-refractivity contribution in [3.05, 3.63) is 23.8 Å². The number of nitrogens with zero attached hydrogens (tertiary/aromatic N) is 1. The van der Waals surface area contributed by atoms with Crippen LogP contribution < -0.4 is 4.90 Å². The first-order valence-electron chi connectivity index (χ1n) is 5.33. The zero-order valence-corrected chi connectivity index (χ0v) is 10.1. The zero-order chi connectivity index (χ0) is 11.7. The molecular weight excluding hydrogens is 222 g/mol. The minimum Gasteiger partial charge on any atom is -0.371 e. The van der Waals surface area contributed by atoms with Crippen molar-refractivity contribution in [3.63, 3.8) is 0 Å². The van der Waals surface area contributed by atoms with E-state index in [-0.39, 0.29) is 10.9 Å². The van der Waals surface area contributed by atoms with Gasteiger partial charge in [0.15, 0.2) is 0 Å². The Kier molecular flexibility index (Phi) is 3.01. The summed E-state index contributed by atoms with van der Waals surface area (Å²) in [6, 6.07) is 5.52. The molecule has 0 aliphatic carbocycles. The maximum atomic E-state index is 11.6. The second-order valence-electron chi connectivity index (χ2n) is 3.54. The SMILES string of the molecule is CCN(CC)c1cccc2c1SC(=O)C2=O. The molecule has 0 N–H and O–H groups in total. The summed E-state index contributed by atoms with van der Waals surface area (Å²) in [5, 5.41) is -0.366. The molecule has 0 unspecified atom stereocenters. The van der Waals surface area contributed by atoms with Gasteiger partial charge in [-0.25, -0.2) is 0 Å². The number of carbonyl (C=O) groups excluding carboxylic acids is 2. The average Bonchev–Trinajstić information content (AvgIpc) is 2.58. The van der Waals surface area contributed by atoms with Crippen LogP contribution in [0.4, 0.5) is 5.69 Å². The molecule has 0 fully saturated rings. The quantitative estimate of drug-likeness (QED) is 0.754. The van der Waals surface area contributed by atoms with Gasteiger partial charge in [0.25, 0.3) is 5.12 Å². The van der Waals surface area contributed by atoms with E-state index in [0.29, 0.717) is 5.56 Å². The van der Waals surface area contributed by atoms with E-state index in [2.05, 4.69) is 18.7 Å². The molecular formula is C12H13NO2S. The lowest BCUT2D eigenvalue weighted by atomic mass is 10.1. The Bertz CT molecular complexity index is 452. The minimum atomic E-state index is -0.367. The van der Waals surface area contributed by atoms with E-state index in [0.717, 1.165) is 35.4 Å². The van der Waals surface area contributed by atoms with Crippen LogP contribution in [0.1, 0.15) is 24.2 Å². The highest BCUT2D eigenvalue weighted by Gasteiger charge is 2.32. The fourth-order valence-electron chi connectivity index (χ4n) is 1.87. The lowest BCUT2D eigenvalue weighted by Crippen LogP contribution is -2.22. The molecule has 0 saturated heterocycles. The Balaban J connectivity index is 2.51. The molecule has 84 valence electrons. The molecule has 2 rings (SSSR count). The van der Waals surface area contributed by atoms with Gasteiger partial charge in [0.05, 0.1) is 10.6 Å². The van der Waals surface area contributed by atoms with Crippen LogP contribution in [0.5, 0.6) is 0 Å². The number of anilines is 1. The predicted molar refractivity (Wildman–Crippen MR) is 65.2 cm³/mol. The van der Waals surface area contributed by atoms with E-state index in [9.17, 15) is 9.59 Å². The molecule has 1 heterocycles. The van der Waals surface area contributed by atoms with Gasteiger partial charge in [0.1, 0.15) is 0 Å². The van der Waals surface area contributed by atoms with E-state index in [4.69, 9.17) is 0 Å². The van der Waals surface area contributed by atoms with Gasteiger partial charge in [-0.1, -0.05) is 6.07 Å². The summed E-state index contributed by atoms with van der Waals surface area (Å²) in [4.78, 5) is 25.9. The third-order valence-corrected chi connectivity index (χ3v) is 3.73. The molecule has 1 aliphatic heterocycles. The average molecular weight is 235 g/mol. The van der Waals surface area contributed by atoms with Crippen LogP contribution >= 0.6 is 11.8 Å². The van der Waals surface area contributed by atoms with Gasteiger partial charge in [-0.05, 0) is 37.7 Å². The molecule has 1 aromatic rings. The summed E-state index contributed by atoms with van der Waals surface area (Å²) in [6.07, 6.45) is 0. The van der Waals surface area contributed by atoms with Crippen molar-refractivity contribution < 1.29 is 9.59 Å². The third kappa shape index (κ3) is 1.63. The minimum absolute atomic E-state index is 0.366. The Hall–Kier alpha value is -1.29. The Labute approximate surface area is 98.8 Å². The molecule has 16 heavy (non-hydrogen) atoms. The van der Waals surface area contributed by atoms with Gasteiger partial charge in [-0.2, -0.15) is 0 Å². The molecule has 1 aliphatic rings. The lowest BCUT2D eigenvalue weighted by Gasteiger charge is -2.22. The highest BCUT2D eigenvalue weighted by molar-refractivity contribution is 8.16. The van der Waals surface area contributed by atoms with Gasteiger partial charge in [-0.3, -0.25) is 9.59 Å². The topological polar surface area (TPSA) is 37.4 Å². The maximum Gasteiger partial charge on any atom is 0.264 e. The highest BCUT2D eigenvalue weighted by Crippen LogP contribution is 2.39. The summed E-state index contributed by atoms with van der Waals surface area (Å²) in [6.45, 7) is 5.87. The number of Topliss-reactive ketones (excluding diaryl/α,β-unsaturated/α-hetero) is 1. The lowest BCUT2D eigenvalue weighted by molar-refractivity contribution is -0.107. The van der Waals surface area contributed by atoms with E-state index in [1.165, 1.54) is 0 Å². The molecule has 0 bridgehead atoms. The van der Waals surface area contributed by atoms with Crippen LogP contribution in [0, 0.1) is 0 Å². The smallest absolute Gasteiger partial charge is 0.264 e. The van der Waals surface area contributed by atoms with Gasteiger partial charge in [0, 0.05) is 18.7 Å². The van der Waals surface area contributed by atoms with Crippen LogP contribution in [0.3, 0.4) is 0 Å². The Morgan fingerprint density at radius 2 is 1.88 bits per heavy atom. The number of hydrogen-bond donors (Lipinski definition) is 0. The number of fused-ring (bicyclic) bond motifs is 1. The molecule has 0 radical (unpaired) electrons. The summed E-state index contributed by atoms with van der Waals surface area (Å²) in [7, 11) is 0. The van der Waals surface area contributed by atoms with Crippen LogP contribution in [0.25, 0.3) is 0 Å². The molecule has 0 saturated carbocycles. The maximum absolute atomic E-state index is 11.6. The summed E-state index contributed by atoms with van der Waals surface area (Å²) >= 11 is 1.05. The van der Waals surface area contributed by atoms with E-state index in [1.54, 1.807) is 6.07 Å². The third-order valence-electron chi connectivity index (χ3n) is 2.72. The standard InChI is InChI=1S/C12H13NO2S/c1-3-13(4-2)9-7-5-6-8-10(14)12(15)16-11(8)9/h5-7H,3-4H2,1-2H3. The van der Waals surface area contributed by atoms with Gasteiger partial charge < -0.3 is 4.90 Å². The second kappa shape index (κ2) is 4.29. The molecule has 0 spiro atoms. The van der Waals surface area contributed by atoms with E-state index >= 15 is 0 Å². The van der Waals surface area contributed by atoms with Crippen molar-refractivity contribution in [3.8, 4) is 0 Å². The van der Waals surface area contributed by atoms with Crippen LogP contribution in [-0.2, 0) is 4.79 Å². The van der Waals surface area contributed by atoms with Crippen LogP contribution in [-0.4, -0.2) is 24.0 Å². The summed E-state index contributed by atoms with van der Waals surface area (Å²) in [5.41, 5.74) is 1.55. The number of rotatable bonds is 3. The Morgan fingerprint density at radius 1 is 1.19 bits per heavy atom. The molecule has 1 aromatic carbocycles. The summed E-state index contributed by atoms with van der Waals surface area (Å²) < 4.78 is 0. The van der Waals surface area contributed by atoms with E-state index in [1.807, 2.05) is 12.1 Å². The fraction of sp³-hybridized carbons (Fsp3) is 0.333. The number of hydrogen-bond acceptors (Lipinski definition) is 4. The second-order valence-corrected chi connectivity index (χ2v) is 4.53. The van der Waals surface area contributed by atoms with Gasteiger partial charge in [0.2, 0.25) is 5.78 Å². The van der Waals surface area contributed by atoms with Crippen molar-refractivity contribution in [1.29, 1.82) is 0 Å². The number of ketones is 1. The van der Waals surface area contributed by atoms with Crippen LogP contribution in [0.15, 0.2) is 23.1 Å². The summed E-state index contributed by atoms with van der Waals surface area (Å²) in [5.74, 6) is -0.367. The zero-order valence-electron chi connectivity index (χ0n) is 9.32. The van der Waals surface area contributed by atoms with Gasteiger partial charge >= 0.3 is 0 Å². The largest absolute Gasteiger partial charge is 0.371 e. The van der Waals surface area contributed by atoms with Crippen molar-refractivity contribution >= 4 is 28.3 Å². The Morgan fingerprint density at radius 3 is 2.50 bits per heavy atom. The first-order chi connectivity index (χ1) is 7.69. The van der Waals surface area contributed by atoms with Crippen molar-refractivity contribution in [2.75, 3.05) is 18.0 Å². The highest BCUT2D eigenvalue weighted by atomic mass is 32.2. The number of benzene rings is 1. The molecule has 3 nitrogen and oxygen atoms in total. The molecule has 0 amide bonds.